The lowest BCUT2D eigenvalue weighted by molar-refractivity contribution is 0.128. The molecule has 0 aliphatic carbocycles. The van der Waals surface area contributed by atoms with Crippen molar-refractivity contribution in [3.63, 3.8) is 0 Å². The zero-order valence-electron chi connectivity index (χ0n) is 7.49. The molecule has 0 saturated carbocycles. The zero-order valence-corrected chi connectivity index (χ0v) is 8.31. The van der Waals surface area contributed by atoms with Gasteiger partial charge in [0.2, 0.25) is 0 Å². The molecule has 1 aliphatic heterocycles. The summed E-state index contributed by atoms with van der Waals surface area (Å²) in [5, 5.41) is 4.43. The predicted molar refractivity (Wildman–Crippen MR) is 53.7 cm³/mol. The van der Waals surface area contributed by atoms with Gasteiger partial charge >= 0.3 is 0 Å². The fourth-order valence-corrected chi connectivity index (χ4v) is 2.34. The van der Waals surface area contributed by atoms with Crippen LogP contribution in [-0.4, -0.2) is 24.0 Å². The highest BCUT2D eigenvalue weighted by Gasteiger charge is 2.19. The monoisotopic (exact) mass is 181 g/mol. The van der Waals surface area contributed by atoms with Gasteiger partial charge in [0.25, 0.3) is 0 Å². The Bertz CT molecular complexity index is 226. The van der Waals surface area contributed by atoms with Gasteiger partial charge in [0, 0.05) is 6.04 Å². The maximum atomic E-state index is 2.55. The number of rotatable bonds is 3. The van der Waals surface area contributed by atoms with Gasteiger partial charge in [-0.05, 0) is 55.2 Å². The lowest BCUT2D eigenvalue weighted by Crippen LogP contribution is -2.44. The molecule has 0 aromatic carbocycles. The molecular formula is C10H15NS. The zero-order chi connectivity index (χ0) is 8.39. The Kier molecular flexibility index (Phi) is 2.47. The summed E-state index contributed by atoms with van der Waals surface area (Å²) in [5.41, 5.74) is 1.50. The third-order valence-corrected chi connectivity index (χ3v) is 3.36. The molecule has 0 bridgehead atoms. The van der Waals surface area contributed by atoms with Crippen molar-refractivity contribution in [3.05, 3.63) is 22.4 Å². The second kappa shape index (κ2) is 3.58. The fraction of sp³-hybridized carbons (Fsp3) is 0.600. The highest BCUT2D eigenvalue weighted by atomic mass is 32.1. The first-order chi connectivity index (χ1) is 5.86. The number of likely N-dealkylation sites (tertiary alicyclic amines) is 1. The van der Waals surface area contributed by atoms with Gasteiger partial charge in [-0.3, -0.25) is 0 Å². The van der Waals surface area contributed by atoms with E-state index in [4.69, 9.17) is 0 Å². The molecule has 12 heavy (non-hydrogen) atoms. The van der Waals surface area contributed by atoms with Crippen LogP contribution in [0.5, 0.6) is 0 Å². The molecule has 0 spiro atoms. The minimum Gasteiger partial charge on any atom is -0.300 e. The van der Waals surface area contributed by atoms with Crippen molar-refractivity contribution in [2.24, 2.45) is 0 Å². The molecule has 2 rings (SSSR count). The van der Waals surface area contributed by atoms with Crippen molar-refractivity contribution in [2.45, 2.75) is 25.8 Å². The van der Waals surface area contributed by atoms with E-state index in [1.165, 1.54) is 31.5 Å². The summed E-state index contributed by atoms with van der Waals surface area (Å²) in [6.45, 7) is 4.95. The van der Waals surface area contributed by atoms with Crippen LogP contribution in [-0.2, 0) is 6.42 Å². The van der Waals surface area contributed by atoms with Crippen molar-refractivity contribution < 1.29 is 0 Å². The fourth-order valence-electron chi connectivity index (χ4n) is 1.66. The summed E-state index contributed by atoms with van der Waals surface area (Å²) in [5.74, 6) is 0. The van der Waals surface area contributed by atoms with E-state index in [0.29, 0.717) is 0 Å². The largest absolute Gasteiger partial charge is 0.300 e. The van der Waals surface area contributed by atoms with Crippen LogP contribution in [0.4, 0.5) is 0 Å². The first kappa shape index (κ1) is 8.27. The highest BCUT2D eigenvalue weighted by Crippen LogP contribution is 2.16. The topological polar surface area (TPSA) is 3.24 Å². The van der Waals surface area contributed by atoms with E-state index in [1.54, 1.807) is 11.3 Å². The maximum absolute atomic E-state index is 2.55. The van der Waals surface area contributed by atoms with Crippen LogP contribution in [0.3, 0.4) is 0 Å². The Labute approximate surface area is 78.0 Å². The summed E-state index contributed by atoms with van der Waals surface area (Å²) in [4.78, 5) is 2.55. The van der Waals surface area contributed by atoms with Crippen molar-refractivity contribution in [1.29, 1.82) is 0 Å². The molecule has 2 heterocycles. The van der Waals surface area contributed by atoms with Crippen LogP contribution in [0.25, 0.3) is 0 Å². The molecule has 1 aromatic heterocycles. The smallest absolute Gasteiger partial charge is 0.0108 e. The Morgan fingerprint density at radius 1 is 1.58 bits per heavy atom. The Morgan fingerprint density at radius 3 is 2.92 bits per heavy atom. The molecule has 1 aromatic rings. The van der Waals surface area contributed by atoms with Crippen LogP contribution in [0.2, 0.25) is 0 Å². The second-order valence-corrected chi connectivity index (χ2v) is 4.35. The summed E-state index contributed by atoms with van der Waals surface area (Å²) >= 11 is 1.80. The summed E-state index contributed by atoms with van der Waals surface area (Å²) < 4.78 is 0. The normalized spacial score (nSPS) is 20.4. The Morgan fingerprint density at radius 2 is 2.42 bits per heavy atom. The van der Waals surface area contributed by atoms with Crippen LogP contribution < -0.4 is 0 Å². The van der Waals surface area contributed by atoms with Crippen LogP contribution in [0, 0.1) is 0 Å². The standard InChI is InChI=1S/C10H15NS/c1-9(11-4-2-5-11)7-10-3-6-12-8-10/h3,6,8-9H,2,4-5,7H2,1H3. The van der Waals surface area contributed by atoms with Crippen LogP contribution >= 0.6 is 11.3 Å². The van der Waals surface area contributed by atoms with Gasteiger partial charge in [-0.2, -0.15) is 11.3 Å². The van der Waals surface area contributed by atoms with Crippen molar-refractivity contribution in [1.82, 2.24) is 4.90 Å². The molecule has 1 saturated heterocycles. The predicted octanol–water partition coefficient (Wildman–Crippen LogP) is 2.38. The molecule has 1 aliphatic rings. The van der Waals surface area contributed by atoms with Gasteiger partial charge in [0.1, 0.15) is 0 Å². The summed E-state index contributed by atoms with van der Waals surface area (Å²) in [6, 6.07) is 2.98. The third kappa shape index (κ3) is 1.70. The summed E-state index contributed by atoms with van der Waals surface area (Å²) in [6.07, 6.45) is 2.62. The molecule has 1 nitrogen and oxygen atoms in total. The molecule has 1 unspecified atom stereocenters. The third-order valence-electron chi connectivity index (χ3n) is 2.63. The first-order valence-corrected chi connectivity index (χ1v) is 5.55. The highest BCUT2D eigenvalue weighted by molar-refractivity contribution is 7.07. The minimum absolute atomic E-state index is 0.744. The van der Waals surface area contributed by atoms with Crippen LogP contribution in [0.1, 0.15) is 18.9 Å². The Balaban J connectivity index is 1.86. The van der Waals surface area contributed by atoms with E-state index in [2.05, 4.69) is 28.7 Å². The lowest BCUT2D eigenvalue weighted by atomic mass is 10.1. The average molecular weight is 181 g/mol. The quantitative estimate of drug-likeness (QED) is 0.692. The molecule has 1 fully saturated rings. The van der Waals surface area contributed by atoms with E-state index < -0.39 is 0 Å². The van der Waals surface area contributed by atoms with Gasteiger partial charge in [-0.1, -0.05) is 0 Å². The minimum atomic E-state index is 0.744. The first-order valence-electron chi connectivity index (χ1n) is 4.61. The SMILES string of the molecule is CC(Cc1ccsc1)N1CCC1. The van der Waals surface area contributed by atoms with E-state index >= 15 is 0 Å². The van der Waals surface area contributed by atoms with Gasteiger partial charge in [0.05, 0.1) is 0 Å². The van der Waals surface area contributed by atoms with Crippen molar-refractivity contribution in [3.8, 4) is 0 Å². The molecule has 0 N–H and O–H groups in total. The van der Waals surface area contributed by atoms with E-state index in [0.717, 1.165) is 6.04 Å². The van der Waals surface area contributed by atoms with Crippen LogP contribution in [0.15, 0.2) is 16.8 Å². The molecule has 1 atom stereocenters. The number of hydrogen-bond donors (Lipinski definition) is 0. The van der Waals surface area contributed by atoms with E-state index in [-0.39, 0.29) is 0 Å². The maximum Gasteiger partial charge on any atom is 0.0108 e. The Hall–Kier alpha value is -0.340. The molecule has 2 heteroatoms. The molecule has 66 valence electrons. The van der Waals surface area contributed by atoms with Gasteiger partial charge in [0.15, 0.2) is 0 Å². The van der Waals surface area contributed by atoms with E-state index in [1.807, 2.05) is 0 Å². The van der Waals surface area contributed by atoms with Gasteiger partial charge < -0.3 is 4.90 Å². The average Bonchev–Trinajstić information content (AvgIpc) is 2.34. The summed E-state index contributed by atoms with van der Waals surface area (Å²) in [7, 11) is 0. The molecular weight excluding hydrogens is 166 g/mol. The van der Waals surface area contributed by atoms with Gasteiger partial charge in [-0.25, -0.2) is 0 Å². The number of nitrogens with zero attached hydrogens (tertiary/aromatic N) is 1. The van der Waals surface area contributed by atoms with E-state index in [9.17, 15) is 0 Å². The van der Waals surface area contributed by atoms with Crippen molar-refractivity contribution >= 4 is 11.3 Å². The van der Waals surface area contributed by atoms with Crippen molar-refractivity contribution in [2.75, 3.05) is 13.1 Å². The number of thiophene rings is 1. The second-order valence-electron chi connectivity index (χ2n) is 3.57. The van der Waals surface area contributed by atoms with Gasteiger partial charge in [-0.15, -0.1) is 0 Å². The lowest BCUT2D eigenvalue weighted by Gasteiger charge is -2.36. The molecule has 0 amide bonds. The number of hydrogen-bond acceptors (Lipinski definition) is 2. The molecule has 0 radical (unpaired) electrons.